The molecule has 0 amide bonds. The van der Waals surface area contributed by atoms with Gasteiger partial charge in [0.2, 0.25) is 0 Å². The van der Waals surface area contributed by atoms with Gasteiger partial charge in [-0.1, -0.05) is 23.9 Å². The van der Waals surface area contributed by atoms with Crippen molar-refractivity contribution in [1.82, 2.24) is 10.2 Å². The summed E-state index contributed by atoms with van der Waals surface area (Å²) in [4.78, 5) is 0.450. The molecule has 0 bridgehead atoms. The Hall–Kier alpha value is -1.89. The molecule has 0 saturated carbocycles. The predicted molar refractivity (Wildman–Crippen MR) is 68.0 cm³/mol. The van der Waals surface area contributed by atoms with Gasteiger partial charge in [0.25, 0.3) is 5.76 Å². The number of nitrogens with zero attached hydrogens (tertiary/aromatic N) is 2. The SMILES string of the molecule is Nc1ccc(Nc2ccccc2SC(F)F)nn1. The number of thioether (sulfide) groups is 1. The topological polar surface area (TPSA) is 63.8 Å². The van der Waals surface area contributed by atoms with Gasteiger partial charge >= 0.3 is 0 Å². The fourth-order valence-corrected chi connectivity index (χ4v) is 1.91. The van der Waals surface area contributed by atoms with Crippen LogP contribution in [-0.2, 0) is 0 Å². The Morgan fingerprint density at radius 2 is 1.89 bits per heavy atom. The largest absolute Gasteiger partial charge is 0.382 e. The predicted octanol–water partition coefficient (Wildman–Crippen LogP) is 3.12. The molecule has 0 aliphatic rings. The Bertz CT molecular complexity index is 519. The maximum atomic E-state index is 12.4. The molecule has 0 fully saturated rings. The number of anilines is 3. The van der Waals surface area contributed by atoms with Crippen LogP contribution in [0.2, 0.25) is 0 Å². The molecule has 4 nitrogen and oxygen atoms in total. The minimum absolute atomic E-state index is 0.302. The summed E-state index contributed by atoms with van der Waals surface area (Å²) in [5, 5.41) is 10.4. The summed E-state index contributed by atoms with van der Waals surface area (Å²) < 4.78 is 24.8. The molecule has 1 heterocycles. The molecule has 7 heteroatoms. The van der Waals surface area contributed by atoms with Gasteiger partial charge in [-0.05, 0) is 24.3 Å². The Balaban J connectivity index is 2.20. The van der Waals surface area contributed by atoms with Crippen LogP contribution in [0.25, 0.3) is 0 Å². The number of benzene rings is 1. The first kappa shape index (κ1) is 12.6. The van der Waals surface area contributed by atoms with Crippen LogP contribution in [-0.4, -0.2) is 16.0 Å². The molecule has 1 aromatic heterocycles. The number of hydrogen-bond acceptors (Lipinski definition) is 5. The number of halogens is 2. The van der Waals surface area contributed by atoms with Gasteiger partial charge in [0.1, 0.15) is 5.82 Å². The molecule has 2 rings (SSSR count). The molecule has 2 aromatic rings. The molecule has 1 aromatic carbocycles. The lowest BCUT2D eigenvalue weighted by atomic mass is 10.3. The van der Waals surface area contributed by atoms with Crippen LogP contribution in [0.1, 0.15) is 0 Å². The fourth-order valence-electron chi connectivity index (χ4n) is 1.32. The van der Waals surface area contributed by atoms with Crippen molar-refractivity contribution in [2.24, 2.45) is 0 Å². The van der Waals surface area contributed by atoms with Crippen LogP contribution in [0.15, 0.2) is 41.3 Å². The minimum atomic E-state index is -2.47. The van der Waals surface area contributed by atoms with E-state index in [9.17, 15) is 8.78 Å². The minimum Gasteiger partial charge on any atom is -0.382 e. The third-order valence-electron chi connectivity index (χ3n) is 2.05. The fraction of sp³-hybridized carbons (Fsp3) is 0.0909. The Morgan fingerprint density at radius 1 is 1.11 bits per heavy atom. The first-order chi connectivity index (χ1) is 8.65. The summed E-state index contributed by atoms with van der Waals surface area (Å²) in [6, 6.07) is 9.98. The molecule has 18 heavy (non-hydrogen) atoms. The Labute approximate surface area is 107 Å². The second-order valence-corrected chi connectivity index (χ2v) is 4.37. The zero-order valence-corrected chi connectivity index (χ0v) is 9.99. The van der Waals surface area contributed by atoms with Crippen molar-refractivity contribution in [2.45, 2.75) is 10.7 Å². The van der Waals surface area contributed by atoms with Crippen LogP contribution in [0.3, 0.4) is 0 Å². The Kier molecular flexibility index (Phi) is 3.93. The Morgan fingerprint density at radius 3 is 2.56 bits per heavy atom. The van der Waals surface area contributed by atoms with Crippen LogP contribution < -0.4 is 11.1 Å². The van der Waals surface area contributed by atoms with Crippen molar-refractivity contribution < 1.29 is 8.78 Å². The highest BCUT2D eigenvalue weighted by atomic mass is 32.2. The molecule has 0 atom stereocenters. The van der Waals surface area contributed by atoms with Gasteiger partial charge in [-0.25, -0.2) is 0 Å². The van der Waals surface area contributed by atoms with Crippen molar-refractivity contribution >= 4 is 29.1 Å². The third-order valence-corrected chi connectivity index (χ3v) is 2.84. The van der Waals surface area contributed by atoms with E-state index in [4.69, 9.17) is 5.73 Å². The van der Waals surface area contributed by atoms with E-state index in [1.54, 1.807) is 36.4 Å². The van der Waals surface area contributed by atoms with E-state index in [0.717, 1.165) is 0 Å². The lowest BCUT2D eigenvalue weighted by molar-refractivity contribution is 0.252. The first-order valence-corrected chi connectivity index (χ1v) is 5.93. The molecule has 0 aliphatic carbocycles. The molecule has 0 saturated heterocycles. The van der Waals surface area contributed by atoms with Crippen LogP contribution in [0, 0.1) is 0 Å². The zero-order chi connectivity index (χ0) is 13.0. The second kappa shape index (κ2) is 5.63. The smallest absolute Gasteiger partial charge is 0.288 e. The van der Waals surface area contributed by atoms with Crippen LogP contribution >= 0.6 is 11.8 Å². The molecule has 0 unspecified atom stereocenters. The van der Waals surface area contributed by atoms with Gasteiger partial charge in [-0.3, -0.25) is 0 Å². The third kappa shape index (κ3) is 3.30. The van der Waals surface area contributed by atoms with Crippen LogP contribution in [0.5, 0.6) is 0 Å². The quantitative estimate of drug-likeness (QED) is 0.834. The summed E-state index contributed by atoms with van der Waals surface area (Å²) in [6.45, 7) is 0. The number of aromatic nitrogens is 2. The van der Waals surface area contributed by atoms with E-state index < -0.39 is 5.76 Å². The molecule has 94 valence electrons. The van der Waals surface area contributed by atoms with Gasteiger partial charge < -0.3 is 11.1 Å². The lowest BCUT2D eigenvalue weighted by Gasteiger charge is -2.10. The number of nitrogen functional groups attached to an aromatic ring is 1. The maximum Gasteiger partial charge on any atom is 0.288 e. The number of hydrogen-bond donors (Lipinski definition) is 2. The second-order valence-electron chi connectivity index (χ2n) is 3.34. The van der Waals surface area contributed by atoms with Gasteiger partial charge in [-0.2, -0.15) is 8.78 Å². The first-order valence-electron chi connectivity index (χ1n) is 5.05. The summed E-state index contributed by atoms with van der Waals surface area (Å²) >= 11 is 0.479. The average Bonchev–Trinajstić information content (AvgIpc) is 2.34. The summed E-state index contributed by atoms with van der Waals surface area (Å²) in [6.07, 6.45) is 0. The van der Waals surface area contributed by atoms with Gasteiger partial charge in [-0.15, -0.1) is 10.2 Å². The standard InChI is InChI=1S/C11H10F2N4S/c12-11(13)18-8-4-2-1-3-7(8)15-10-6-5-9(14)16-17-10/h1-6,11H,(H2,14,16)(H,15,17). The van der Waals surface area contributed by atoms with E-state index >= 15 is 0 Å². The number of nitrogens with two attached hydrogens (primary N) is 1. The van der Waals surface area contributed by atoms with Crippen molar-refractivity contribution in [3.8, 4) is 0 Å². The van der Waals surface area contributed by atoms with Crippen molar-refractivity contribution in [1.29, 1.82) is 0 Å². The molecular formula is C11H10F2N4S. The van der Waals surface area contributed by atoms with Gasteiger partial charge in [0.15, 0.2) is 5.82 Å². The maximum absolute atomic E-state index is 12.4. The monoisotopic (exact) mass is 268 g/mol. The highest BCUT2D eigenvalue weighted by molar-refractivity contribution is 7.99. The van der Waals surface area contributed by atoms with Crippen molar-refractivity contribution in [2.75, 3.05) is 11.1 Å². The zero-order valence-electron chi connectivity index (χ0n) is 9.18. The summed E-state index contributed by atoms with van der Waals surface area (Å²) in [5.41, 5.74) is 5.97. The van der Waals surface area contributed by atoms with Crippen molar-refractivity contribution in [3.63, 3.8) is 0 Å². The van der Waals surface area contributed by atoms with Crippen LogP contribution in [0.4, 0.5) is 26.1 Å². The normalized spacial score (nSPS) is 10.6. The van der Waals surface area contributed by atoms with E-state index in [0.29, 0.717) is 34.0 Å². The van der Waals surface area contributed by atoms with E-state index in [2.05, 4.69) is 15.5 Å². The summed E-state index contributed by atoms with van der Waals surface area (Å²) in [5.74, 6) is -1.72. The van der Waals surface area contributed by atoms with E-state index in [1.165, 1.54) is 0 Å². The molecule has 0 radical (unpaired) electrons. The summed E-state index contributed by atoms with van der Waals surface area (Å²) in [7, 11) is 0. The molecule has 0 aliphatic heterocycles. The molecule has 0 spiro atoms. The van der Waals surface area contributed by atoms with Crippen molar-refractivity contribution in [3.05, 3.63) is 36.4 Å². The molecular weight excluding hydrogens is 258 g/mol. The highest BCUT2D eigenvalue weighted by Gasteiger charge is 2.09. The number of alkyl halides is 2. The number of rotatable bonds is 4. The number of nitrogens with one attached hydrogen (secondary N) is 1. The van der Waals surface area contributed by atoms with E-state index in [-0.39, 0.29) is 0 Å². The van der Waals surface area contributed by atoms with Gasteiger partial charge in [0, 0.05) is 4.90 Å². The lowest BCUT2D eigenvalue weighted by Crippen LogP contribution is -1.99. The molecule has 3 N–H and O–H groups in total. The average molecular weight is 268 g/mol. The van der Waals surface area contributed by atoms with E-state index in [1.807, 2.05) is 0 Å². The van der Waals surface area contributed by atoms with Gasteiger partial charge in [0.05, 0.1) is 5.69 Å². The number of para-hydroxylation sites is 1. The highest BCUT2D eigenvalue weighted by Crippen LogP contribution is 2.32.